The van der Waals surface area contributed by atoms with Gasteiger partial charge in [-0.05, 0) is 25.0 Å². The van der Waals surface area contributed by atoms with Crippen molar-refractivity contribution in [1.29, 1.82) is 0 Å². The van der Waals surface area contributed by atoms with Gasteiger partial charge in [-0.1, -0.05) is 29.8 Å². The number of nitrogens with zero attached hydrogens (tertiary/aromatic N) is 4. The predicted molar refractivity (Wildman–Crippen MR) is 140 cm³/mol. The second kappa shape index (κ2) is 10.8. The average Bonchev–Trinajstić information content (AvgIpc) is 3.58. The van der Waals surface area contributed by atoms with Crippen molar-refractivity contribution in [1.82, 2.24) is 15.0 Å². The molecule has 1 saturated heterocycles. The molecular weight excluding hydrogens is 537 g/mol. The minimum atomic E-state index is -4.56. The number of nitrogens with two attached hydrogens (primary N) is 1. The Labute approximate surface area is 226 Å². The van der Waals surface area contributed by atoms with Gasteiger partial charge in [-0.15, -0.1) is 0 Å². The summed E-state index contributed by atoms with van der Waals surface area (Å²) < 4.78 is 45.2. The van der Waals surface area contributed by atoms with Gasteiger partial charge in [0.15, 0.2) is 11.6 Å². The maximum Gasteiger partial charge on any atom is 0.451 e. The lowest BCUT2D eigenvalue weighted by molar-refractivity contribution is -0.145. The number of fused-ring (bicyclic) bond motifs is 3. The topological polar surface area (TPSA) is 117 Å². The minimum Gasteiger partial charge on any atom is -0.479 e. The van der Waals surface area contributed by atoms with Crippen molar-refractivity contribution in [3.8, 4) is 5.75 Å². The van der Waals surface area contributed by atoms with Crippen molar-refractivity contribution in [3.05, 3.63) is 74.7 Å². The summed E-state index contributed by atoms with van der Waals surface area (Å²) in [5, 5.41) is 0.453. The lowest BCUT2D eigenvalue weighted by Gasteiger charge is -2.28. The fourth-order valence-electron chi connectivity index (χ4n) is 4.95. The molecule has 0 radical (unpaired) electrons. The molecule has 13 heteroatoms. The number of alkyl halides is 3. The largest absolute Gasteiger partial charge is 0.479 e. The van der Waals surface area contributed by atoms with E-state index in [0.717, 1.165) is 19.1 Å². The zero-order valence-corrected chi connectivity index (χ0v) is 21.5. The molecule has 2 aromatic rings. The van der Waals surface area contributed by atoms with Gasteiger partial charge in [-0.25, -0.2) is 9.97 Å². The second-order valence-electron chi connectivity index (χ2n) is 9.53. The summed E-state index contributed by atoms with van der Waals surface area (Å²) in [5.41, 5.74) is 7.41. The zero-order valence-electron chi connectivity index (χ0n) is 20.7. The molecule has 9 nitrogen and oxygen atoms in total. The molecule has 39 heavy (non-hydrogen) atoms. The quantitative estimate of drug-likeness (QED) is 0.544. The number of hydrogen-bond donors (Lipinski definition) is 2. The summed E-state index contributed by atoms with van der Waals surface area (Å²) in [7, 11) is 0. The molecule has 2 aromatic heterocycles. The number of carbonyl (C=O) groups is 1. The van der Waals surface area contributed by atoms with E-state index in [-0.39, 0.29) is 23.4 Å². The van der Waals surface area contributed by atoms with Crippen LogP contribution in [0.15, 0.2) is 52.6 Å². The lowest BCUT2D eigenvalue weighted by Crippen LogP contribution is -2.37. The van der Waals surface area contributed by atoms with E-state index in [4.69, 9.17) is 22.1 Å². The first-order valence-corrected chi connectivity index (χ1v) is 12.8. The Bertz CT molecular complexity index is 1410. The monoisotopic (exact) mass is 562 g/mol. The molecule has 5 heterocycles. The highest BCUT2D eigenvalue weighted by atomic mass is 35.5. The number of anilines is 2. The molecule has 0 saturated carbocycles. The summed E-state index contributed by atoms with van der Waals surface area (Å²) in [4.78, 5) is 36.2. The van der Waals surface area contributed by atoms with Gasteiger partial charge in [0.25, 0.3) is 5.56 Å². The van der Waals surface area contributed by atoms with Crippen LogP contribution in [-0.2, 0) is 11.0 Å². The van der Waals surface area contributed by atoms with Crippen LogP contribution in [0.5, 0.6) is 5.75 Å². The Kier molecular flexibility index (Phi) is 7.39. The first-order valence-electron chi connectivity index (χ1n) is 12.5. The smallest absolute Gasteiger partial charge is 0.451 e. The molecule has 0 spiro atoms. The minimum absolute atomic E-state index is 0.222. The number of pyridine rings is 1. The van der Waals surface area contributed by atoms with Crippen molar-refractivity contribution < 1.29 is 22.7 Å². The third-order valence-electron chi connectivity index (χ3n) is 6.94. The van der Waals surface area contributed by atoms with E-state index in [1.54, 1.807) is 11.0 Å². The molecule has 0 aromatic carbocycles. The van der Waals surface area contributed by atoms with Gasteiger partial charge in [0.05, 0.1) is 16.6 Å². The first-order chi connectivity index (χ1) is 18.7. The van der Waals surface area contributed by atoms with E-state index >= 15 is 0 Å². The summed E-state index contributed by atoms with van der Waals surface area (Å²) in [5.74, 6) is -0.669. The Morgan fingerprint density at radius 2 is 1.87 bits per heavy atom. The van der Waals surface area contributed by atoms with Gasteiger partial charge in [0.2, 0.25) is 5.82 Å². The summed E-state index contributed by atoms with van der Waals surface area (Å²) in [6.45, 7) is 2.35. The maximum atomic E-state index is 13.1. The van der Waals surface area contributed by atoms with Crippen LogP contribution < -0.4 is 25.8 Å². The molecule has 3 aliphatic heterocycles. The van der Waals surface area contributed by atoms with Gasteiger partial charge in [0, 0.05) is 50.1 Å². The van der Waals surface area contributed by atoms with Crippen molar-refractivity contribution >= 4 is 29.4 Å². The molecular formula is C26H26ClF3N6O3. The number of aldehydes is 1. The zero-order chi connectivity index (χ0) is 27.7. The number of allylic oxidation sites excluding steroid dienone is 2. The predicted octanol–water partition coefficient (Wildman–Crippen LogP) is 3.72. The van der Waals surface area contributed by atoms with Gasteiger partial charge in [-0.2, -0.15) is 13.2 Å². The van der Waals surface area contributed by atoms with Crippen LogP contribution in [0.25, 0.3) is 0 Å². The van der Waals surface area contributed by atoms with Crippen LogP contribution in [0.1, 0.15) is 36.7 Å². The van der Waals surface area contributed by atoms with E-state index < -0.39 is 12.0 Å². The molecule has 0 amide bonds. The highest BCUT2D eigenvalue weighted by Gasteiger charge is 2.43. The van der Waals surface area contributed by atoms with Crippen molar-refractivity contribution in [2.45, 2.75) is 37.5 Å². The number of halogens is 4. The number of H-pyrrole nitrogens is 1. The highest BCUT2D eigenvalue weighted by molar-refractivity contribution is 6.30. The van der Waals surface area contributed by atoms with E-state index in [2.05, 4.69) is 15.0 Å². The van der Waals surface area contributed by atoms with Crippen LogP contribution in [-0.4, -0.2) is 53.5 Å². The molecule has 1 aliphatic carbocycles. The molecule has 3 N–H and O–H groups in total. The number of aromatic amines is 1. The SMILES string of the molecule is FC(F)(F)c1nc2c(c(N3CCCC3)n1)OC1C=CC=CC21.NC1=C(C=O)CN(c2cc(Cl)c[nH]c2=O)CC1. The third-order valence-corrected chi connectivity index (χ3v) is 7.16. The molecule has 2 unspecified atom stereocenters. The Balaban J connectivity index is 0.000000164. The van der Waals surface area contributed by atoms with Gasteiger partial charge in [-0.3, -0.25) is 9.59 Å². The summed E-state index contributed by atoms with van der Waals surface area (Å²) in [6, 6.07) is 1.59. The Hall–Kier alpha value is -3.80. The van der Waals surface area contributed by atoms with Crippen LogP contribution in [0.3, 0.4) is 0 Å². The molecule has 4 aliphatic rings. The lowest BCUT2D eigenvalue weighted by atomic mass is 9.96. The van der Waals surface area contributed by atoms with Crippen LogP contribution in [0.2, 0.25) is 5.02 Å². The van der Waals surface area contributed by atoms with Crippen LogP contribution in [0, 0.1) is 0 Å². The summed E-state index contributed by atoms with van der Waals surface area (Å²) in [6.07, 6.45) is 7.10. The van der Waals surface area contributed by atoms with Gasteiger partial charge >= 0.3 is 6.18 Å². The number of nitrogens with one attached hydrogen (secondary N) is 1. The number of ether oxygens (including phenoxy) is 1. The molecule has 0 bridgehead atoms. The highest BCUT2D eigenvalue weighted by Crippen LogP contribution is 2.46. The summed E-state index contributed by atoms with van der Waals surface area (Å²) >= 11 is 5.83. The van der Waals surface area contributed by atoms with E-state index in [1.807, 2.05) is 29.2 Å². The molecule has 6 rings (SSSR count). The number of aromatic nitrogens is 3. The molecule has 2 atom stereocenters. The third kappa shape index (κ3) is 5.51. The normalized spacial score (nSPS) is 21.7. The standard InChI is InChI=1S/C15H14F3N3O.C11H12ClN3O2/c16-15(17,18)14-19-11-9-5-1-2-6-10(9)22-12(11)13(20-14)21-7-3-4-8-21;12-8-3-10(11(17)14-4-8)15-2-1-9(13)7(5-15)6-16/h1-2,5-6,9-10H,3-4,7-8H2;3-4,6H,1-2,5,13H2,(H,14,17). The fraction of sp³-hybridized carbons (Fsp3) is 0.385. The second-order valence-corrected chi connectivity index (χ2v) is 9.96. The Morgan fingerprint density at radius 3 is 2.59 bits per heavy atom. The number of carbonyl (C=O) groups excluding carboxylic acids is 1. The van der Waals surface area contributed by atoms with Gasteiger partial charge in [0.1, 0.15) is 18.1 Å². The van der Waals surface area contributed by atoms with Crippen molar-refractivity contribution in [2.24, 2.45) is 5.73 Å². The first kappa shape index (κ1) is 26.8. The van der Waals surface area contributed by atoms with E-state index in [0.29, 0.717) is 66.0 Å². The molecule has 1 fully saturated rings. The van der Waals surface area contributed by atoms with Crippen molar-refractivity contribution in [3.63, 3.8) is 0 Å². The van der Waals surface area contributed by atoms with Crippen molar-refractivity contribution in [2.75, 3.05) is 36.0 Å². The Morgan fingerprint density at radius 1 is 1.13 bits per heavy atom. The van der Waals surface area contributed by atoms with Crippen LogP contribution >= 0.6 is 11.6 Å². The van der Waals surface area contributed by atoms with Crippen LogP contribution in [0.4, 0.5) is 24.7 Å². The number of hydrogen-bond acceptors (Lipinski definition) is 8. The molecule has 206 valence electrons. The van der Waals surface area contributed by atoms with E-state index in [1.165, 1.54) is 6.20 Å². The maximum absolute atomic E-state index is 13.1. The number of rotatable bonds is 3. The van der Waals surface area contributed by atoms with E-state index in [9.17, 15) is 22.8 Å². The average molecular weight is 563 g/mol. The van der Waals surface area contributed by atoms with Gasteiger partial charge < -0.3 is 25.3 Å². The fourth-order valence-corrected chi connectivity index (χ4v) is 5.11.